The number of aromatic nitrogens is 3. The van der Waals surface area contributed by atoms with Crippen molar-refractivity contribution in [2.75, 3.05) is 26.2 Å². The zero-order chi connectivity index (χ0) is 18.8. The van der Waals surface area contributed by atoms with Crippen LogP contribution >= 0.6 is 0 Å². The largest absolute Gasteiger partial charge is 0.317 e. The van der Waals surface area contributed by atoms with Crippen molar-refractivity contribution in [2.24, 2.45) is 5.41 Å². The molecule has 0 saturated carbocycles. The lowest BCUT2D eigenvalue weighted by Gasteiger charge is -2.33. The Kier molecular flexibility index (Phi) is 4.71. The van der Waals surface area contributed by atoms with Gasteiger partial charge in [0.25, 0.3) is 0 Å². The van der Waals surface area contributed by atoms with Gasteiger partial charge in [0.15, 0.2) is 0 Å². The highest BCUT2D eigenvalue weighted by atomic mass is 15.3. The van der Waals surface area contributed by atoms with Crippen LogP contribution in [0.4, 0.5) is 0 Å². The topological polar surface area (TPSA) is 46.0 Å². The SMILES string of the molecule is c1ccc(-n2cc(CN3CCC4(CCNCC4)C3)c(-c3ccncc3)n2)cc1. The fourth-order valence-corrected chi connectivity index (χ4v) is 4.76. The van der Waals surface area contributed by atoms with Crippen LogP contribution in [-0.4, -0.2) is 45.8 Å². The molecule has 5 heteroatoms. The average Bonchev–Trinajstić information content (AvgIpc) is 3.35. The third-order valence-electron chi connectivity index (χ3n) is 6.34. The maximum atomic E-state index is 4.95. The molecule has 28 heavy (non-hydrogen) atoms. The molecule has 2 aliphatic rings. The van der Waals surface area contributed by atoms with Gasteiger partial charge in [-0.25, -0.2) is 4.68 Å². The lowest BCUT2D eigenvalue weighted by molar-refractivity contribution is 0.194. The Balaban J connectivity index is 1.44. The maximum Gasteiger partial charge on any atom is 0.0973 e. The number of benzene rings is 1. The number of nitrogens with zero attached hydrogens (tertiary/aromatic N) is 4. The monoisotopic (exact) mass is 373 g/mol. The predicted octanol–water partition coefficient (Wildman–Crippen LogP) is 3.51. The minimum absolute atomic E-state index is 0.525. The molecule has 2 aromatic heterocycles. The first-order valence-electron chi connectivity index (χ1n) is 10.3. The number of likely N-dealkylation sites (tertiary alicyclic amines) is 1. The van der Waals surface area contributed by atoms with Crippen LogP contribution in [0.5, 0.6) is 0 Å². The van der Waals surface area contributed by atoms with Gasteiger partial charge in [-0.1, -0.05) is 18.2 Å². The molecule has 5 rings (SSSR count). The van der Waals surface area contributed by atoms with E-state index in [1.807, 2.05) is 23.1 Å². The van der Waals surface area contributed by atoms with Crippen molar-refractivity contribution in [3.63, 3.8) is 0 Å². The van der Waals surface area contributed by atoms with Crippen molar-refractivity contribution in [3.8, 4) is 16.9 Å². The Hall–Kier alpha value is -2.50. The quantitative estimate of drug-likeness (QED) is 0.760. The number of hydrogen-bond donors (Lipinski definition) is 1. The average molecular weight is 374 g/mol. The summed E-state index contributed by atoms with van der Waals surface area (Å²) in [6, 6.07) is 14.5. The lowest BCUT2D eigenvalue weighted by Crippen LogP contribution is -2.38. The number of pyridine rings is 1. The van der Waals surface area contributed by atoms with Gasteiger partial charge in [0.05, 0.1) is 11.4 Å². The molecule has 144 valence electrons. The van der Waals surface area contributed by atoms with Gasteiger partial charge in [-0.05, 0) is 68.6 Å². The van der Waals surface area contributed by atoms with E-state index in [-0.39, 0.29) is 0 Å². The van der Waals surface area contributed by atoms with Crippen LogP contribution in [0.3, 0.4) is 0 Å². The summed E-state index contributed by atoms with van der Waals surface area (Å²) in [5.74, 6) is 0. The van der Waals surface area contributed by atoms with E-state index in [0.717, 1.165) is 23.5 Å². The fourth-order valence-electron chi connectivity index (χ4n) is 4.76. The molecule has 0 amide bonds. The highest BCUT2D eigenvalue weighted by molar-refractivity contribution is 5.62. The van der Waals surface area contributed by atoms with E-state index in [4.69, 9.17) is 5.10 Å². The predicted molar refractivity (Wildman–Crippen MR) is 111 cm³/mol. The van der Waals surface area contributed by atoms with Crippen LogP contribution < -0.4 is 5.32 Å². The highest BCUT2D eigenvalue weighted by Crippen LogP contribution is 2.39. The molecule has 0 bridgehead atoms. The van der Waals surface area contributed by atoms with Crippen LogP contribution in [0.1, 0.15) is 24.8 Å². The van der Waals surface area contributed by atoms with Gasteiger partial charge in [-0.2, -0.15) is 5.10 Å². The van der Waals surface area contributed by atoms with Crippen molar-refractivity contribution in [2.45, 2.75) is 25.8 Å². The Morgan fingerprint density at radius 1 is 0.964 bits per heavy atom. The summed E-state index contributed by atoms with van der Waals surface area (Å²) in [6.45, 7) is 5.69. The van der Waals surface area contributed by atoms with Gasteiger partial charge < -0.3 is 5.32 Å². The van der Waals surface area contributed by atoms with Crippen molar-refractivity contribution >= 4 is 0 Å². The molecule has 3 aromatic rings. The van der Waals surface area contributed by atoms with E-state index in [0.29, 0.717) is 5.41 Å². The number of nitrogens with one attached hydrogen (secondary N) is 1. The second-order valence-electron chi connectivity index (χ2n) is 8.23. The van der Waals surface area contributed by atoms with Gasteiger partial charge in [0.2, 0.25) is 0 Å². The van der Waals surface area contributed by atoms with Crippen molar-refractivity contribution in [3.05, 3.63) is 66.6 Å². The number of piperidine rings is 1. The number of para-hydroxylation sites is 1. The molecule has 0 atom stereocenters. The Morgan fingerprint density at radius 2 is 1.75 bits per heavy atom. The molecule has 0 radical (unpaired) electrons. The summed E-state index contributed by atoms with van der Waals surface area (Å²) in [5, 5.41) is 8.46. The molecule has 2 saturated heterocycles. The minimum atomic E-state index is 0.525. The molecule has 2 aliphatic heterocycles. The van der Waals surface area contributed by atoms with E-state index in [9.17, 15) is 0 Å². The highest BCUT2D eigenvalue weighted by Gasteiger charge is 2.38. The number of rotatable bonds is 4. The van der Waals surface area contributed by atoms with Crippen LogP contribution in [-0.2, 0) is 6.54 Å². The van der Waals surface area contributed by atoms with E-state index in [1.165, 1.54) is 51.0 Å². The van der Waals surface area contributed by atoms with Gasteiger partial charge in [0, 0.05) is 42.8 Å². The Labute approximate surface area is 166 Å². The minimum Gasteiger partial charge on any atom is -0.317 e. The van der Waals surface area contributed by atoms with Crippen LogP contribution in [0.2, 0.25) is 0 Å². The first-order valence-corrected chi connectivity index (χ1v) is 10.3. The summed E-state index contributed by atoms with van der Waals surface area (Å²) < 4.78 is 2.02. The van der Waals surface area contributed by atoms with E-state index in [2.05, 4.69) is 57.8 Å². The van der Waals surface area contributed by atoms with Gasteiger partial charge in [-0.15, -0.1) is 0 Å². The molecule has 4 heterocycles. The Morgan fingerprint density at radius 3 is 2.54 bits per heavy atom. The molecule has 1 aromatic carbocycles. The molecule has 2 fully saturated rings. The molecule has 1 spiro atoms. The third kappa shape index (κ3) is 3.48. The van der Waals surface area contributed by atoms with Crippen LogP contribution in [0, 0.1) is 5.41 Å². The second kappa shape index (κ2) is 7.49. The summed E-state index contributed by atoms with van der Waals surface area (Å²) in [4.78, 5) is 6.80. The summed E-state index contributed by atoms with van der Waals surface area (Å²) in [5.41, 5.74) is 5.12. The van der Waals surface area contributed by atoms with Crippen molar-refractivity contribution in [1.29, 1.82) is 0 Å². The maximum absolute atomic E-state index is 4.95. The molecular formula is C23H27N5. The first-order chi connectivity index (χ1) is 13.8. The first kappa shape index (κ1) is 17.6. The molecule has 0 unspecified atom stereocenters. The summed E-state index contributed by atoms with van der Waals surface area (Å²) in [7, 11) is 0. The van der Waals surface area contributed by atoms with Crippen LogP contribution in [0.15, 0.2) is 61.1 Å². The zero-order valence-electron chi connectivity index (χ0n) is 16.2. The fraction of sp³-hybridized carbons (Fsp3) is 0.391. The van der Waals surface area contributed by atoms with Crippen LogP contribution in [0.25, 0.3) is 16.9 Å². The summed E-state index contributed by atoms with van der Waals surface area (Å²) >= 11 is 0. The van der Waals surface area contributed by atoms with E-state index in [1.54, 1.807) is 0 Å². The molecule has 0 aliphatic carbocycles. The van der Waals surface area contributed by atoms with Gasteiger partial charge >= 0.3 is 0 Å². The normalized spacial score (nSPS) is 19.3. The zero-order valence-corrected chi connectivity index (χ0v) is 16.2. The standard InChI is InChI=1S/C23H27N5/c1-2-4-21(5-3-1)28-17-20(22(26-28)19-6-11-24-12-7-19)16-27-15-10-23(18-27)8-13-25-14-9-23/h1-7,11-12,17,25H,8-10,13-16,18H2. The lowest BCUT2D eigenvalue weighted by atomic mass is 9.78. The van der Waals surface area contributed by atoms with Gasteiger partial charge in [-0.3, -0.25) is 9.88 Å². The number of hydrogen-bond acceptors (Lipinski definition) is 4. The Bertz CT molecular complexity index is 913. The van der Waals surface area contributed by atoms with Gasteiger partial charge in [0.1, 0.15) is 0 Å². The smallest absolute Gasteiger partial charge is 0.0973 e. The van der Waals surface area contributed by atoms with E-state index >= 15 is 0 Å². The van der Waals surface area contributed by atoms with E-state index < -0.39 is 0 Å². The van der Waals surface area contributed by atoms with Crippen molar-refractivity contribution < 1.29 is 0 Å². The third-order valence-corrected chi connectivity index (χ3v) is 6.34. The second-order valence-corrected chi connectivity index (χ2v) is 8.23. The molecular weight excluding hydrogens is 346 g/mol. The molecule has 5 nitrogen and oxygen atoms in total. The molecule has 1 N–H and O–H groups in total. The summed E-state index contributed by atoms with van der Waals surface area (Å²) in [6.07, 6.45) is 9.85. The van der Waals surface area contributed by atoms with Crippen molar-refractivity contribution in [1.82, 2.24) is 25.0 Å².